The lowest BCUT2D eigenvalue weighted by molar-refractivity contribution is 0.809. The summed E-state index contributed by atoms with van der Waals surface area (Å²) in [5.41, 5.74) is 6.95. The van der Waals surface area contributed by atoms with Gasteiger partial charge in [-0.2, -0.15) is 0 Å². The van der Waals surface area contributed by atoms with Crippen molar-refractivity contribution in [1.82, 2.24) is 19.5 Å². The number of aromatic nitrogens is 4. The summed E-state index contributed by atoms with van der Waals surface area (Å²) in [7, 11) is 0. The first-order chi connectivity index (χ1) is 14.1. The third kappa shape index (κ3) is 3.90. The van der Waals surface area contributed by atoms with Gasteiger partial charge in [-0.15, -0.1) is 0 Å². The minimum absolute atomic E-state index is 0.192. The summed E-state index contributed by atoms with van der Waals surface area (Å²) in [5.74, 6) is 1.69. The third-order valence-corrected chi connectivity index (χ3v) is 5.77. The molecule has 0 saturated heterocycles. The number of nitrogens with one attached hydrogen (secondary N) is 1. The van der Waals surface area contributed by atoms with Gasteiger partial charge in [0.1, 0.15) is 23.8 Å². The minimum Gasteiger partial charge on any atom is -0.383 e. The summed E-state index contributed by atoms with van der Waals surface area (Å²) in [6.07, 6.45) is 1.91. The number of rotatable bonds is 5. The lowest BCUT2D eigenvalue weighted by atomic mass is 10.2. The van der Waals surface area contributed by atoms with Crippen LogP contribution >= 0.6 is 34.2 Å². The highest BCUT2D eigenvalue weighted by molar-refractivity contribution is 14.1. The Kier molecular flexibility index (Phi) is 5.63. The molecule has 2 aromatic carbocycles. The van der Waals surface area contributed by atoms with E-state index >= 15 is 0 Å². The molecule has 0 saturated carbocycles. The quantitative estimate of drug-likeness (QED) is 0.391. The average molecular weight is 519 g/mol. The maximum Gasteiger partial charge on any atom is 0.267 e. The second-order valence-corrected chi connectivity index (χ2v) is 7.72. The lowest BCUT2D eigenvalue weighted by Gasteiger charge is -2.15. The molecule has 0 amide bonds. The van der Waals surface area contributed by atoms with Gasteiger partial charge >= 0.3 is 0 Å². The van der Waals surface area contributed by atoms with Gasteiger partial charge in [-0.3, -0.25) is 9.36 Å². The van der Waals surface area contributed by atoms with E-state index in [-0.39, 0.29) is 5.56 Å². The molecule has 9 heteroatoms. The number of nitrogens with two attached hydrogens (primary N) is 1. The monoisotopic (exact) mass is 518 g/mol. The molecule has 2 aromatic heterocycles. The molecule has 4 aromatic rings. The van der Waals surface area contributed by atoms with Crippen LogP contribution in [0.5, 0.6) is 0 Å². The zero-order valence-electron chi connectivity index (χ0n) is 15.1. The average Bonchev–Trinajstić information content (AvgIpc) is 2.72. The van der Waals surface area contributed by atoms with Crippen molar-refractivity contribution in [3.05, 3.63) is 79.6 Å². The zero-order chi connectivity index (χ0) is 20.4. The van der Waals surface area contributed by atoms with Gasteiger partial charge in [0.05, 0.1) is 25.2 Å². The van der Waals surface area contributed by atoms with Crippen LogP contribution in [0.4, 0.5) is 11.6 Å². The van der Waals surface area contributed by atoms with Crippen LogP contribution in [0.15, 0.2) is 59.7 Å². The van der Waals surface area contributed by atoms with Crippen molar-refractivity contribution in [2.75, 3.05) is 17.6 Å². The van der Waals surface area contributed by atoms with Crippen LogP contribution in [0.2, 0.25) is 5.02 Å². The van der Waals surface area contributed by atoms with Crippen LogP contribution in [0.25, 0.3) is 16.6 Å². The maximum atomic E-state index is 13.3. The second kappa shape index (κ2) is 8.34. The van der Waals surface area contributed by atoms with Gasteiger partial charge in [0.15, 0.2) is 0 Å². The fourth-order valence-electron chi connectivity index (χ4n) is 3.05. The number of nitrogen functional groups attached to an aromatic ring is 1. The van der Waals surface area contributed by atoms with E-state index in [4.69, 9.17) is 22.3 Å². The summed E-state index contributed by atoms with van der Waals surface area (Å²) in [4.78, 5) is 26.2. The Bertz CT molecular complexity index is 1250. The first-order valence-corrected chi connectivity index (χ1v) is 10.3. The molecule has 0 bridgehead atoms. The Morgan fingerprint density at radius 2 is 1.90 bits per heavy atom. The van der Waals surface area contributed by atoms with Gasteiger partial charge < -0.3 is 11.1 Å². The highest BCUT2D eigenvalue weighted by Gasteiger charge is 2.15. The maximum absolute atomic E-state index is 13.3. The molecule has 29 heavy (non-hydrogen) atoms. The van der Waals surface area contributed by atoms with Crippen molar-refractivity contribution in [3.63, 3.8) is 0 Å². The molecule has 0 aliphatic rings. The first kappa shape index (κ1) is 19.6. The summed E-state index contributed by atoms with van der Waals surface area (Å²) in [5, 5.41) is 4.04. The fourth-order valence-corrected chi connectivity index (χ4v) is 3.77. The van der Waals surface area contributed by atoms with Crippen molar-refractivity contribution in [1.29, 1.82) is 0 Å². The number of nitrogens with zero attached hydrogens (tertiary/aromatic N) is 4. The van der Waals surface area contributed by atoms with Crippen LogP contribution in [-0.2, 0) is 6.42 Å². The fraction of sp³-hybridized carbons (Fsp3) is 0.100. The molecule has 0 aliphatic carbocycles. The number of halogens is 2. The molecule has 4 rings (SSSR count). The van der Waals surface area contributed by atoms with Gasteiger partial charge in [-0.25, -0.2) is 15.0 Å². The molecule has 146 valence electrons. The van der Waals surface area contributed by atoms with Gasteiger partial charge in [-0.05, 0) is 46.9 Å². The Morgan fingerprint density at radius 3 is 2.69 bits per heavy atom. The molecular formula is C20H16ClIN6O. The van der Waals surface area contributed by atoms with Crippen LogP contribution in [0.1, 0.15) is 5.82 Å². The van der Waals surface area contributed by atoms with Crippen LogP contribution in [0, 0.1) is 3.57 Å². The van der Waals surface area contributed by atoms with E-state index in [9.17, 15) is 4.79 Å². The second-order valence-electron chi connectivity index (χ2n) is 6.24. The molecular weight excluding hydrogens is 503 g/mol. The molecule has 0 aliphatic heterocycles. The normalized spacial score (nSPS) is 11.0. The van der Waals surface area contributed by atoms with Crippen molar-refractivity contribution in [2.24, 2.45) is 0 Å². The van der Waals surface area contributed by atoms with E-state index < -0.39 is 0 Å². The third-order valence-electron chi connectivity index (χ3n) is 4.39. The predicted molar refractivity (Wildman–Crippen MR) is 124 cm³/mol. The van der Waals surface area contributed by atoms with E-state index in [1.165, 1.54) is 6.33 Å². The molecule has 0 spiro atoms. The number of hydrogen-bond acceptors (Lipinski definition) is 6. The molecule has 0 fully saturated rings. The molecule has 0 radical (unpaired) electrons. The van der Waals surface area contributed by atoms with Crippen molar-refractivity contribution in [2.45, 2.75) is 6.42 Å². The molecule has 2 heterocycles. The predicted octanol–water partition coefficient (Wildman–Crippen LogP) is 3.67. The Labute approximate surface area is 185 Å². The number of anilines is 2. The Balaban J connectivity index is 1.75. The van der Waals surface area contributed by atoms with Crippen LogP contribution in [0.3, 0.4) is 0 Å². The summed E-state index contributed by atoms with van der Waals surface area (Å²) < 4.78 is 2.36. The summed E-state index contributed by atoms with van der Waals surface area (Å²) >= 11 is 8.40. The Hall–Kier alpha value is -2.72. The standard InChI is InChI=1S/C20H16ClIN6O/c21-13-7-4-8-14-16(13)20(29)28(12-5-2-1-3-6-12)15(27-14)9-10-24-19-17(22)18(23)25-11-26-19/h1-8,11H,9-10H2,(H3,23,24,25,26). The zero-order valence-corrected chi connectivity index (χ0v) is 18.1. The van der Waals surface area contributed by atoms with Gasteiger partial charge in [0.25, 0.3) is 5.56 Å². The lowest BCUT2D eigenvalue weighted by Crippen LogP contribution is -2.25. The summed E-state index contributed by atoms with van der Waals surface area (Å²) in [6.45, 7) is 0.512. The van der Waals surface area contributed by atoms with E-state index in [0.29, 0.717) is 46.4 Å². The SMILES string of the molecule is Nc1ncnc(NCCc2nc3cccc(Cl)c3c(=O)n2-c2ccccc2)c1I. The topological polar surface area (TPSA) is 98.7 Å². The van der Waals surface area contributed by atoms with E-state index in [1.807, 2.05) is 30.3 Å². The van der Waals surface area contributed by atoms with Crippen LogP contribution in [-0.4, -0.2) is 26.1 Å². The highest BCUT2D eigenvalue weighted by atomic mass is 127. The largest absolute Gasteiger partial charge is 0.383 e. The molecule has 3 N–H and O–H groups in total. The van der Waals surface area contributed by atoms with Gasteiger partial charge in [0, 0.05) is 13.0 Å². The van der Waals surface area contributed by atoms with E-state index in [1.54, 1.807) is 22.8 Å². The van der Waals surface area contributed by atoms with Gasteiger partial charge in [-0.1, -0.05) is 35.9 Å². The smallest absolute Gasteiger partial charge is 0.267 e. The van der Waals surface area contributed by atoms with Crippen molar-refractivity contribution in [3.8, 4) is 5.69 Å². The summed E-state index contributed by atoms with van der Waals surface area (Å²) in [6, 6.07) is 14.7. The highest BCUT2D eigenvalue weighted by Crippen LogP contribution is 2.21. The number of benzene rings is 2. The molecule has 0 unspecified atom stereocenters. The number of para-hydroxylation sites is 1. The molecule has 0 atom stereocenters. The van der Waals surface area contributed by atoms with E-state index in [2.05, 4.69) is 37.9 Å². The van der Waals surface area contributed by atoms with Crippen LogP contribution < -0.4 is 16.6 Å². The van der Waals surface area contributed by atoms with Crippen molar-refractivity contribution < 1.29 is 0 Å². The number of hydrogen-bond donors (Lipinski definition) is 2. The van der Waals surface area contributed by atoms with E-state index in [0.717, 1.165) is 9.26 Å². The van der Waals surface area contributed by atoms with Gasteiger partial charge in [0.2, 0.25) is 0 Å². The first-order valence-electron chi connectivity index (χ1n) is 8.81. The minimum atomic E-state index is -0.192. The number of fused-ring (bicyclic) bond motifs is 1. The Morgan fingerprint density at radius 1 is 1.10 bits per heavy atom. The van der Waals surface area contributed by atoms with Crippen molar-refractivity contribution >= 4 is 56.7 Å². The molecule has 7 nitrogen and oxygen atoms in total.